The maximum Gasteiger partial charge on any atom is 0.148 e. The van der Waals surface area contributed by atoms with Gasteiger partial charge in [-0.1, -0.05) is 153 Å². The van der Waals surface area contributed by atoms with Gasteiger partial charge in [-0.05, 0) is 129 Å². The first-order chi connectivity index (χ1) is 37.0. The van der Waals surface area contributed by atoms with Crippen molar-refractivity contribution in [2.45, 2.75) is 112 Å². The monoisotopic (exact) mass is 1040 g/mol. The summed E-state index contributed by atoms with van der Waals surface area (Å²) in [4.78, 5) is 9.91. The van der Waals surface area contributed by atoms with E-state index in [1.807, 2.05) is 70.2 Å². The largest absolute Gasteiger partial charge is 0.507 e. The maximum absolute atomic E-state index is 11.8. The van der Waals surface area contributed by atoms with E-state index >= 15 is 0 Å². The Kier molecular flexibility index (Phi) is 7.88. The van der Waals surface area contributed by atoms with Crippen LogP contribution in [0.4, 0.5) is 0 Å². The summed E-state index contributed by atoms with van der Waals surface area (Å²) in [5.41, 5.74) is 1.87. The van der Waals surface area contributed by atoms with E-state index in [9.17, 15) is 5.11 Å². The van der Waals surface area contributed by atoms with Crippen molar-refractivity contribution in [1.82, 2.24) is 14.5 Å². The minimum Gasteiger partial charge on any atom is -0.507 e. The van der Waals surface area contributed by atoms with Crippen LogP contribution in [0.3, 0.4) is 0 Å². The number of fused-ring (bicyclic) bond motifs is 1. The topological polar surface area (TPSA) is 50.9 Å². The van der Waals surface area contributed by atoms with Crippen molar-refractivity contribution in [3.05, 3.63) is 166 Å². The molecular formula is C59H62N3OPt-. The molecule has 0 radical (unpaired) electrons. The molecule has 0 atom stereocenters. The van der Waals surface area contributed by atoms with Crippen LogP contribution in [0.25, 0.3) is 72.7 Å². The first-order valence-corrected chi connectivity index (χ1v) is 20.8. The molecule has 2 aromatic heterocycles. The third-order valence-electron chi connectivity index (χ3n) is 11.4. The zero-order chi connectivity index (χ0) is 60.4. The van der Waals surface area contributed by atoms with E-state index in [2.05, 4.69) is 11.1 Å². The van der Waals surface area contributed by atoms with Gasteiger partial charge in [0.2, 0.25) is 0 Å². The summed E-state index contributed by atoms with van der Waals surface area (Å²) in [6.45, 7) is 2.41. The van der Waals surface area contributed by atoms with Gasteiger partial charge >= 0.3 is 0 Å². The van der Waals surface area contributed by atoms with Gasteiger partial charge in [0.15, 0.2) is 0 Å². The molecule has 0 bridgehead atoms. The number of aromatic nitrogens is 3. The van der Waals surface area contributed by atoms with Crippen LogP contribution in [0.15, 0.2) is 121 Å². The van der Waals surface area contributed by atoms with Crippen molar-refractivity contribution in [2.24, 2.45) is 0 Å². The fraction of sp³-hybridized carbons (Fsp3) is 0.288. The van der Waals surface area contributed by atoms with Crippen molar-refractivity contribution < 1.29 is 50.8 Å². The average Bonchev–Trinajstić information content (AvgIpc) is 1.58. The van der Waals surface area contributed by atoms with Crippen molar-refractivity contribution in [3.8, 4) is 67.5 Å². The first-order valence-electron chi connectivity index (χ1n) is 29.8. The Hall–Kier alpha value is -5.57. The normalized spacial score (nSPS) is 17.3. The molecule has 8 aromatic rings. The number of aryl methyl sites for hydroxylation is 3. The van der Waals surface area contributed by atoms with Gasteiger partial charge in [0.25, 0.3) is 0 Å². The Morgan fingerprint density at radius 3 is 2.03 bits per heavy atom. The number of hydrogen-bond acceptors (Lipinski definition) is 3. The van der Waals surface area contributed by atoms with Crippen molar-refractivity contribution in [2.75, 3.05) is 0 Å². The molecule has 6 aromatic carbocycles. The Balaban J connectivity index is 0.00000968. The fourth-order valence-corrected chi connectivity index (χ4v) is 7.82. The number of phenolic OH excluding ortho intramolecular Hbond substituents is 1. The van der Waals surface area contributed by atoms with Gasteiger partial charge < -0.3 is 5.11 Å². The van der Waals surface area contributed by atoms with Crippen LogP contribution in [-0.2, 0) is 31.9 Å². The van der Waals surface area contributed by atoms with Crippen LogP contribution in [0.1, 0.15) is 144 Å². The van der Waals surface area contributed by atoms with Crippen molar-refractivity contribution in [3.63, 3.8) is 0 Å². The van der Waals surface area contributed by atoms with Crippen LogP contribution in [0.5, 0.6) is 5.75 Å². The zero-order valence-corrected chi connectivity index (χ0v) is 39.6. The smallest absolute Gasteiger partial charge is 0.148 e. The van der Waals surface area contributed by atoms with E-state index in [4.69, 9.17) is 29.7 Å². The second kappa shape index (κ2) is 17.8. The number of pyridine rings is 1. The molecule has 0 saturated carbocycles. The summed E-state index contributed by atoms with van der Waals surface area (Å²) in [5, 5.41) is 11.8. The SMILES string of the molecule is [2H]c1c([2H])c(C(C([2H])([2H])[2H])(C([2H])([2H])[2H])C([2H])([2H])[2H])c([2H])c([2H])c1-c1ccnc(-c2[c-]c(-c3cccc4c3nc(-c3cc(C)cc(C)c3O)n4-c3ccc(-c4cc(C([2H])(C)C)cc(C([2H])(C)C)c4)cc3C([2H])([2H])[2H])cc(C(C)(C)C)c2)c1.[Pt]. The van der Waals surface area contributed by atoms with Gasteiger partial charge in [-0.2, -0.15) is 0 Å². The van der Waals surface area contributed by atoms with E-state index in [-0.39, 0.29) is 60.7 Å². The Morgan fingerprint density at radius 1 is 0.688 bits per heavy atom. The minimum atomic E-state index is -3.84. The molecular weight excluding hydrogens is 962 g/mol. The molecule has 4 nitrogen and oxygen atoms in total. The van der Waals surface area contributed by atoms with Crippen LogP contribution in [-0.4, -0.2) is 19.6 Å². The van der Waals surface area contributed by atoms with Gasteiger partial charge in [-0.3, -0.25) is 9.55 Å². The number of para-hydroxylation sites is 1. The molecule has 330 valence electrons. The van der Waals surface area contributed by atoms with E-state index in [0.717, 1.165) is 11.1 Å². The Labute approximate surface area is 421 Å². The number of imidazole rings is 1. The summed E-state index contributed by atoms with van der Waals surface area (Å²) in [6.07, 6.45) is 1.36. The van der Waals surface area contributed by atoms with Crippen LogP contribution < -0.4 is 0 Å². The molecule has 2 heterocycles. The molecule has 0 amide bonds. The molecule has 5 heteroatoms. The fourth-order valence-electron chi connectivity index (χ4n) is 7.82. The van der Waals surface area contributed by atoms with E-state index < -0.39 is 79.8 Å². The summed E-state index contributed by atoms with van der Waals surface area (Å²) < 4.78 is 157. The Bertz CT molecular complexity index is 3720. The molecule has 0 aliphatic carbocycles. The van der Waals surface area contributed by atoms with Crippen LogP contribution in [0, 0.1) is 26.8 Å². The van der Waals surface area contributed by atoms with Gasteiger partial charge in [0.1, 0.15) is 11.6 Å². The molecule has 8 rings (SSSR count). The van der Waals surface area contributed by atoms with Crippen LogP contribution >= 0.6 is 0 Å². The number of phenols is 1. The first kappa shape index (κ1) is 28.4. The molecule has 0 fully saturated rings. The molecule has 0 unspecified atom stereocenters. The summed E-state index contributed by atoms with van der Waals surface area (Å²) >= 11 is 0. The molecule has 0 aliphatic rings. The number of benzene rings is 6. The third kappa shape index (κ3) is 9.18. The van der Waals surface area contributed by atoms with E-state index in [1.165, 1.54) is 18.3 Å². The van der Waals surface area contributed by atoms with Gasteiger partial charge in [0, 0.05) is 52.1 Å². The molecule has 0 spiro atoms. The zero-order valence-electron chi connectivity index (χ0n) is 55.3. The average molecular weight is 1040 g/mol. The number of hydrogen-bond donors (Lipinski definition) is 1. The second-order valence-electron chi connectivity index (χ2n) is 17.8. The maximum atomic E-state index is 11.8. The van der Waals surface area contributed by atoms with Crippen molar-refractivity contribution >= 4 is 11.0 Å². The van der Waals surface area contributed by atoms with Gasteiger partial charge in [-0.15, -0.1) is 29.3 Å². The van der Waals surface area contributed by atoms with E-state index in [1.54, 1.807) is 75.6 Å². The van der Waals surface area contributed by atoms with Gasteiger partial charge in [0.05, 0.1) is 27.8 Å². The molecule has 0 saturated heterocycles. The summed E-state index contributed by atoms with van der Waals surface area (Å²) in [5.74, 6) is -1.90. The summed E-state index contributed by atoms with van der Waals surface area (Å²) in [6, 6.07) is 25.8. The standard InChI is InChI=1S/C59H62N3O.Pt/c1-35(2)43-28-44(36(3)4)30-45(29-43)41-19-22-53(38(6)27-41)62-54-16-14-15-50(55(54)61-57(62)51-26-37(5)25-39(7)56(51)63)46-31-47(33-49(32-46)59(11,12)13)52-34-42(23-24-60-52)40-17-20-48(21-18-40)58(8,9)10;/h14-30,32-36,63H,1-13H3;/q-1;/i6D3,8D3,9D3,10D3,17D,18D,20D,21D,35D,36D;. The van der Waals surface area contributed by atoms with Gasteiger partial charge in [-0.25, -0.2) is 4.98 Å². The number of rotatable bonds is 8. The number of aromatic hydroxyl groups is 1. The predicted octanol–water partition coefficient (Wildman–Crippen LogP) is 16.0. The van der Waals surface area contributed by atoms with E-state index in [0.29, 0.717) is 61.1 Å². The quantitative estimate of drug-likeness (QED) is 0.154. The van der Waals surface area contributed by atoms with Crippen molar-refractivity contribution in [1.29, 1.82) is 0 Å². The third-order valence-corrected chi connectivity index (χ3v) is 11.4. The second-order valence-corrected chi connectivity index (χ2v) is 17.8. The molecule has 1 N–H and O–H groups in total. The van der Waals surface area contributed by atoms with Crippen LogP contribution in [0.2, 0.25) is 0 Å². The minimum absolute atomic E-state index is 0. The summed E-state index contributed by atoms with van der Waals surface area (Å²) in [7, 11) is 0. The number of nitrogens with zero attached hydrogens (tertiary/aromatic N) is 3. The predicted molar refractivity (Wildman–Crippen MR) is 266 cm³/mol. The molecule has 64 heavy (non-hydrogen) atoms. The Morgan fingerprint density at radius 2 is 1.38 bits per heavy atom. The molecule has 0 aliphatic heterocycles.